The van der Waals surface area contributed by atoms with Gasteiger partial charge >= 0.3 is 0 Å². The molecule has 1 aromatic carbocycles. The van der Waals surface area contributed by atoms with Crippen molar-refractivity contribution in [3.63, 3.8) is 0 Å². The molecule has 11 heteroatoms. The maximum absolute atomic E-state index is 12.7. The maximum Gasteiger partial charge on any atom is 0.270 e. The van der Waals surface area contributed by atoms with Crippen LogP contribution in [0.4, 0.5) is 5.13 Å². The zero-order valence-electron chi connectivity index (χ0n) is 16.3. The van der Waals surface area contributed by atoms with Crippen molar-refractivity contribution in [2.75, 3.05) is 19.5 Å². The average Bonchev–Trinajstić information content (AvgIpc) is 3.15. The summed E-state index contributed by atoms with van der Waals surface area (Å²) >= 11 is 0.798. The molecule has 0 saturated heterocycles. The van der Waals surface area contributed by atoms with E-state index in [0.29, 0.717) is 17.9 Å². The highest BCUT2D eigenvalue weighted by Crippen LogP contribution is 2.32. The Morgan fingerprint density at radius 1 is 1.18 bits per heavy atom. The van der Waals surface area contributed by atoms with Gasteiger partial charge in [0, 0.05) is 12.0 Å². The zero-order chi connectivity index (χ0) is 20.9. The summed E-state index contributed by atoms with van der Waals surface area (Å²) in [6.45, 7) is 5.31. The number of hydrogen-bond acceptors (Lipinski definition) is 8. The van der Waals surface area contributed by atoms with Crippen molar-refractivity contribution >= 4 is 32.4 Å². The maximum atomic E-state index is 12.7. The number of benzene rings is 1. The second-order valence-electron chi connectivity index (χ2n) is 6.21. The van der Waals surface area contributed by atoms with Gasteiger partial charge < -0.3 is 14.8 Å². The molecule has 1 aromatic heterocycles. The lowest BCUT2D eigenvalue weighted by Crippen LogP contribution is -2.28. The standard InChI is InChI=1S/C17H24N4O5S2/c1-6-12(11-7-8-13(25-4)14(9-11)26-5)21-28(23,24)17-20-19-16(27-17)18-15(22)10(2)3/h7-10,12,21H,6H2,1-5H3,(H,18,19,22)/t12-/m0/s1. The fraction of sp³-hybridized carbons (Fsp3) is 0.471. The fourth-order valence-corrected chi connectivity index (χ4v) is 4.54. The van der Waals surface area contributed by atoms with Crippen molar-refractivity contribution in [3.05, 3.63) is 23.8 Å². The molecular weight excluding hydrogens is 404 g/mol. The van der Waals surface area contributed by atoms with Gasteiger partial charge in [-0.3, -0.25) is 4.79 Å². The van der Waals surface area contributed by atoms with E-state index < -0.39 is 16.1 Å². The molecule has 28 heavy (non-hydrogen) atoms. The minimum atomic E-state index is -3.92. The summed E-state index contributed by atoms with van der Waals surface area (Å²) in [7, 11) is -0.873. The third-order valence-corrected chi connectivity index (χ3v) is 6.58. The second-order valence-corrected chi connectivity index (χ2v) is 9.08. The number of sulfonamides is 1. The third kappa shape index (κ3) is 5.18. The van der Waals surface area contributed by atoms with Crippen LogP contribution in [-0.4, -0.2) is 38.7 Å². The first-order valence-corrected chi connectivity index (χ1v) is 10.9. The fourth-order valence-electron chi connectivity index (χ4n) is 2.31. The monoisotopic (exact) mass is 428 g/mol. The van der Waals surface area contributed by atoms with Gasteiger partial charge in [0.25, 0.3) is 10.0 Å². The van der Waals surface area contributed by atoms with E-state index in [1.54, 1.807) is 32.0 Å². The predicted molar refractivity (Wildman–Crippen MR) is 106 cm³/mol. The Kier molecular flexibility index (Phi) is 7.33. The normalized spacial score (nSPS) is 12.6. The van der Waals surface area contributed by atoms with Crippen molar-refractivity contribution in [1.29, 1.82) is 0 Å². The van der Waals surface area contributed by atoms with Gasteiger partial charge in [-0.15, -0.1) is 10.2 Å². The van der Waals surface area contributed by atoms with Crippen LogP contribution in [0.1, 0.15) is 38.8 Å². The van der Waals surface area contributed by atoms with Gasteiger partial charge in [-0.05, 0) is 24.1 Å². The van der Waals surface area contributed by atoms with E-state index in [-0.39, 0.29) is 21.3 Å². The van der Waals surface area contributed by atoms with E-state index in [1.165, 1.54) is 14.2 Å². The number of aromatic nitrogens is 2. The summed E-state index contributed by atoms with van der Waals surface area (Å²) in [6.07, 6.45) is 0.504. The van der Waals surface area contributed by atoms with Crippen LogP contribution >= 0.6 is 11.3 Å². The summed E-state index contributed by atoms with van der Waals surface area (Å²) in [5, 5.41) is 10.1. The van der Waals surface area contributed by atoms with Crippen LogP contribution in [0.3, 0.4) is 0 Å². The molecule has 9 nitrogen and oxygen atoms in total. The van der Waals surface area contributed by atoms with Crippen LogP contribution in [0.25, 0.3) is 0 Å². The second kappa shape index (κ2) is 9.30. The van der Waals surface area contributed by atoms with Crippen molar-refractivity contribution in [2.45, 2.75) is 37.6 Å². The first kappa shape index (κ1) is 22.1. The van der Waals surface area contributed by atoms with Gasteiger partial charge in [0.1, 0.15) is 0 Å². The van der Waals surface area contributed by atoms with Gasteiger partial charge in [-0.25, -0.2) is 13.1 Å². The van der Waals surface area contributed by atoms with Gasteiger partial charge in [0.05, 0.1) is 14.2 Å². The first-order valence-electron chi connectivity index (χ1n) is 8.60. The number of ether oxygens (including phenoxy) is 2. The number of methoxy groups -OCH3 is 2. The van der Waals surface area contributed by atoms with Gasteiger partial charge in [0.2, 0.25) is 15.4 Å². The highest BCUT2D eigenvalue weighted by molar-refractivity contribution is 7.91. The molecule has 0 aliphatic rings. The molecule has 0 aliphatic carbocycles. The molecule has 0 saturated carbocycles. The molecular formula is C17H24N4O5S2. The van der Waals surface area contributed by atoms with Crippen LogP contribution in [0, 0.1) is 5.92 Å². The van der Waals surface area contributed by atoms with Crippen molar-refractivity contribution in [2.24, 2.45) is 5.92 Å². The van der Waals surface area contributed by atoms with Crippen LogP contribution < -0.4 is 19.5 Å². The van der Waals surface area contributed by atoms with Crippen LogP contribution in [0.5, 0.6) is 11.5 Å². The first-order chi connectivity index (χ1) is 13.2. The predicted octanol–water partition coefficient (Wildman–Crippen LogP) is 2.58. The van der Waals surface area contributed by atoms with Crippen molar-refractivity contribution < 1.29 is 22.7 Å². The number of carbonyl (C=O) groups excluding carboxylic acids is 1. The highest BCUT2D eigenvalue weighted by Gasteiger charge is 2.25. The topological polar surface area (TPSA) is 120 Å². The minimum Gasteiger partial charge on any atom is -0.493 e. The molecule has 0 aliphatic heterocycles. The number of carbonyl (C=O) groups is 1. The SMILES string of the molecule is CC[C@H](NS(=O)(=O)c1nnc(NC(=O)C(C)C)s1)c1ccc(OC)c(OC)c1. The van der Waals surface area contributed by atoms with E-state index in [0.717, 1.165) is 16.9 Å². The lowest BCUT2D eigenvalue weighted by molar-refractivity contribution is -0.118. The molecule has 2 rings (SSSR count). The smallest absolute Gasteiger partial charge is 0.270 e. The zero-order valence-corrected chi connectivity index (χ0v) is 18.0. The quantitative estimate of drug-likeness (QED) is 0.589. The Balaban J connectivity index is 2.22. The highest BCUT2D eigenvalue weighted by atomic mass is 32.2. The molecule has 0 unspecified atom stereocenters. The van der Waals surface area contributed by atoms with E-state index >= 15 is 0 Å². The molecule has 1 amide bonds. The molecule has 1 atom stereocenters. The minimum absolute atomic E-state index is 0.137. The summed E-state index contributed by atoms with van der Waals surface area (Å²) in [6, 6.07) is 4.72. The van der Waals surface area contributed by atoms with Crippen molar-refractivity contribution in [1.82, 2.24) is 14.9 Å². The Bertz CT molecular complexity index is 927. The van der Waals surface area contributed by atoms with Gasteiger partial charge in [-0.2, -0.15) is 0 Å². The van der Waals surface area contributed by atoms with Crippen LogP contribution in [-0.2, 0) is 14.8 Å². The lowest BCUT2D eigenvalue weighted by atomic mass is 10.1. The number of nitrogens with one attached hydrogen (secondary N) is 2. The van der Waals surface area contributed by atoms with E-state index in [2.05, 4.69) is 20.2 Å². The number of hydrogen-bond donors (Lipinski definition) is 2. The number of anilines is 1. The van der Waals surface area contributed by atoms with Gasteiger partial charge in [0.15, 0.2) is 11.5 Å². The van der Waals surface area contributed by atoms with Gasteiger partial charge in [-0.1, -0.05) is 38.2 Å². The van der Waals surface area contributed by atoms with Crippen LogP contribution in [0.15, 0.2) is 22.5 Å². The average molecular weight is 429 g/mol. The largest absolute Gasteiger partial charge is 0.493 e. The molecule has 154 valence electrons. The van der Waals surface area contributed by atoms with E-state index in [9.17, 15) is 13.2 Å². The molecule has 2 N–H and O–H groups in total. The molecule has 0 bridgehead atoms. The Hall–Kier alpha value is -2.24. The molecule has 1 heterocycles. The number of amides is 1. The summed E-state index contributed by atoms with van der Waals surface area (Å²) in [5.41, 5.74) is 0.724. The molecule has 2 aromatic rings. The van der Waals surface area contributed by atoms with Crippen molar-refractivity contribution in [3.8, 4) is 11.5 Å². The lowest BCUT2D eigenvalue weighted by Gasteiger charge is -2.18. The number of nitrogens with zero attached hydrogens (tertiary/aromatic N) is 2. The van der Waals surface area contributed by atoms with E-state index in [1.807, 2.05) is 6.92 Å². The molecule has 0 spiro atoms. The Morgan fingerprint density at radius 2 is 1.86 bits per heavy atom. The molecule has 0 radical (unpaired) electrons. The summed E-state index contributed by atoms with van der Waals surface area (Å²) in [4.78, 5) is 11.7. The molecule has 0 fully saturated rings. The van der Waals surface area contributed by atoms with E-state index in [4.69, 9.17) is 9.47 Å². The van der Waals surface area contributed by atoms with Crippen LogP contribution in [0.2, 0.25) is 0 Å². The Labute approximate surface area is 168 Å². The summed E-state index contributed by atoms with van der Waals surface area (Å²) in [5.74, 6) is 0.548. The Morgan fingerprint density at radius 3 is 2.43 bits per heavy atom. The number of rotatable bonds is 9. The summed E-state index contributed by atoms with van der Waals surface area (Å²) < 4.78 is 38.3. The third-order valence-electron chi connectivity index (χ3n) is 3.91.